The number of nitrogens with zero attached hydrogens (tertiary/aromatic N) is 1. The Labute approximate surface area is 103 Å². The van der Waals surface area contributed by atoms with Crippen LogP contribution in [0.25, 0.3) is 6.08 Å². The number of allylic oxidation sites excluding steroid dienone is 1. The van der Waals surface area contributed by atoms with Gasteiger partial charge in [0.1, 0.15) is 10.7 Å². The molecular weight excluding hydrogens is 234 g/mol. The predicted octanol–water partition coefficient (Wildman–Crippen LogP) is 3.08. The van der Waals surface area contributed by atoms with E-state index in [1.807, 2.05) is 6.07 Å². The van der Waals surface area contributed by atoms with Gasteiger partial charge in [0.15, 0.2) is 5.78 Å². The number of benzene rings is 1. The highest BCUT2D eigenvalue weighted by molar-refractivity contribution is 6.06. The molecule has 0 saturated carbocycles. The molecule has 5 nitrogen and oxygen atoms in total. The van der Waals surface area contributed by atoms with Crippen LogP contribution in [0.2, 0.25) is 0 Å². The second-order valence-electron chi connectivity index (χ2n) is 3.50. The fraction of sp³-hybridized carbons (Fsp3) is 0. The zero-order chi connectivity index (χ0) is 13.0. The van der Waals surface area contributed by atoms with Gasteiger partial charge in [0.2, 0.25) is 0 Å². The number of hydrogen-bond acceptors (Lipinski definition) is 4. The molecule has 1 aromatic carbocycles. The number of furan rings is 1. The minimum atomic E-state index is -0.629. The largest absolute Gasteiger partial charge is 0.433 e. The third kappa shape index (κ3) is 2.70. The van der Waals surface area contributed by atoms with Crippen LogP contribution in [0, 0.1) is 10.1 Å². The molecule has 90 valence electrons. The standard InChI is InChI=1S/C13H9NO4/c15-12(10-4-2-1-3-5-10)8-6-11-7-9-13(18-11)14(16)17/h1-9H. The summed E-state index contributed by atoms with van der Waals surface area (Å²) in [6.07, 6.45) is 2.72. The molecule has 2 aromatic rings. The van der Waals surface area contributed by atoms with Gasteiger partial charge in [0.05, 0.1) is 6.07 Å². The Morgan fingerprint density at radius 2 is 1.89 bits per heavy atom. The fourth-order valence-corrected chi connectivity index (χ4v) is 1.39. The Kier molecular flexibility index (Phi) is 3.33. The lowest BCUT2D eigenvalue weighted by Crippen LogP contribution is -1.92. The second-order valence-corrected chi connectivity index (χ2v) is 3.50. The number of carbonyl (C=O) groups is 1. The van der Waals surface area contributed by atoms with Crippen molar-refractivity contribution in [1.82, 2.24) is 0 Å². The topological polar surface area (TPSA) is 73.3 Å². The highest BCUT2D eigenvalue weighted by Gasteiger charge is 2.10. The van der Waals surface area contributed by atoms with E-state index >= 15 is 0 Å². The first-order chi connectivity index (χ1) is 8.66. The zero-order valence-electron chi connectivity index (χ0n) is 9.28. The van der Waals surface area contributed by atoms with Crippen LogP contribution in [0.1, 0.15) is 16.1 Å². The first-order valence-corrected chi connectivity index (χ1v) is 5.18. The maximum atomic E-state index is 11.7. The van der Waals surface area contributed by atoms with Crippen LogP contribution in [0.3, 0.4) is 0 Å². The lowest BCUT2D eigenvalue weighted by molar-refractivity contribution is -0.402. The minimum absolute atomic E-state index is 0.186. The van der Waals surface area contributed by atoms with Gasteiger partial charge in [-0.2, -0.15) is 0 Å². The van der Waals surface area contributed by atoms with Gasteiger partial charge in [-0.25, -0.2) is 0 Å². The summed E-state index contributed by atoms with van der Waals surface area (Å²) in [5.74, 6) is -0.262. The summed E-state index contributed by atoms with van der Waals surface area (Å²) < 4.78 is 4.89. The van der Waals surface area contributed by atoms with E-state index in [2.05, 4.69) is 0 Å². The SMILES string of the molecule is O=C(C=Cc1ccc([N+](=O)[O-])o1)c1ccccc1. The molecule has 0 amide bonds. The molecule has 0 atom stereocenters. The van der Waals surface area contributed by atoms with Crippen molar-refractivity contribution in [3.8, 4) is 0 Å². The summed E-state index contributed by atoms with van der Waals surface area (Å²) in [4.78, 5) is 21.5. The number of hydrogen-bond donors (Lipinski definition) is 0. The van der Waals surface area contributed by atoms with E-state index in [0.29, 0.717) is 5.56 Å². The molecule has 0 aliphatic rings. The van der Waals surface area contributed by atoms with Crippen molar-refractivity contribution in [2.24, 2.45) is 0 Å². The first kappa shape index (κ1) is 11.8. The highest BCUT2D eigenvalue weighted by Crippen LogP contribution is 2.16. The van der Waals surface area contributed by atoms with Crippen molar-refractivity contribution in [2.75, 3.05) is 0 Å². The molecule has 5 heteroatoms. The van der Waals surface area contributed by atoms with Gasteiger partial charge < -0.3 is 4.42 Å². The second kappa shape index (κ2) is 5.09. The summed E-state index contributed by atoms with van der Waals surface area (Å²) in [5, 5.41) is 10.4. The van der Waals surface area contributed by atoms with Gasteiger partial charge in [-0.05, 0) is 18.2 Å². The third-order valence-electron chi connectivity index (χ3n) is 2.25. The smallest absolute Gasteiger partial charge is 0.401 e. The fourth-order valence-electron chi connectivity index (χ4n) is 1.39. The van der Waals surface area contributed by atoms with E-state index in [1.165, 1.54) is 24.3 Å². The van der Waals surface area contributed by atoms with Crippen LogP contribution < -0.4 is 0 Å². The van der Waals surface area contributed by atoms with E-state index in [-0.39, 0.29) is 17.4 Å². The molecule has 0 unspecified atom stereocenters. The summed E-state index contributed by atoms with van der Waals surface area (Å²) in [6, 6.07) is 11.4. The normalized spacial score (nSPS) is 10.7. The van der Waals surface area contributed by atoms with Gasteiger partial charge in [-0.15, -0.1) is 0 Å². The lowest BCUT2D eigenvalue weighted by atomic mass is 10.1. The highest BCUT2D eigenvalue weighted by atomic mass is 16.6. The third-order valence-corrected chi connectivity index (χ3v) is 2.25. The molecule has 0 fully saturated rings. The quantitative estimate of drug-likeness (QED) is 0.358. The van der Waals surface area contributed by atoms with Crippen molar-refractivity contribution in [3.05, 3.63) is 70.0 Å². The van der Waals surface area contributed by atoms with E-state index < -0.39 is 4.92 Å². The first-order valence-electron chi connectivity index (χ1n) is 5.18. The van der Waals surface area contributed by atoms with E-state index in [9.17, 15) is 14.9 Å². The molecule has 18 heavy (non-hydrogen) atoms. The number of nitro groups is 1. The molecule has 0 saturated heterocycles. The number of carbonyl (C=O) groups excluding carboxylic acids is 1. The van der Waals surface area contributed by atoms with E-state index in [4.69, 9.17) is 4.42 Å². The molecule has 0 aliphatic heterocycles. The maximum absolute atomic E-state index is 11.7. The molecular formula is C13H9NO4. The Balaban J connectivity index is 2.11. The maximum Gasteiger partial charge on any atom is 0.433 e. The average molecular weight is 243 g/mol. The van der Waals surface area contributed by atoms with Crippen molar-refractivity contribution in [2.45, 2.75) is 0 Å². The predicted molar refractivity (Wildman–Crippen MR) is 65.2 cm³/mol. The Morgan fingerprint density at radius 1 is 1.17 bits per heavy atom. The van der Waals surface area contributed by atoms with Crippen LogP contribution in [0.15, 0.2) is 53.0 Å². The van der Waals surface area contributed by atoms with Gasteiger partial charge in [-0.3, -0.25) is 14.9 Å². The van der Waals surface area contributed by atoms with Crippen LogP contribution in [-0.4, -0.2) is 10.7 Å². The molecule has 0 aliphatic carbocycles. The molecule has 0 bridgehead atoms. The summed E-state index contributed by atoms with van der Waals surface area (Å²) in [7, 11) is 0. The van der Waals surface area contributed by atoms with Gasteiger partial charge in [0.25, 0.3) is 0 Å². The number of ketones is 1. The monoisotopic (exact) mass is 243 g/mol. The van der Waals surface area contributed by atoms with Gasteiger partial charge in [0, 0.05) is 5.56 Å². The van der Waals surface area contributed by atoms with E-state index in [0.717, 1.165) is 0 Å². The van der Waals surface area contributed by atoms with Crippen LogP contribution >= 0.6 is 0 Å². The Hall–Kier alpha value is -2.69. The van der Waals surface area contributed by atoms with Crippen molar-refractivity contribution in [1.29, 1.82) is 0 Å². The molecule has 1 aromatic heterocycles. The van der Waals surface area contributed by atoms with Crippen molar-refractivity contribution < 1.29 is 14.1 Å². The Morgan fingerprint density at radius 3 is 2.50 bits per heavy atom. The summed E-state index contributed by atoms with van der Waals surface area (Å²) >= 11 is 0. The summed E-state index contributed by atoms with van der Waals surface area (Å²) in [5.41, 5.74) is 0.551. The molecule has 0 radical (unpaired) electrons. The van der Waals surface area contributed by atoms with E-state index in [1.54, 1.807) is 24.3 Å². The van der Waals surface area contributed by atoms with Crippen LogP contribution in [0.5, 0.6) is 0 Å². The molecule has 0 N–H and O–H groups in total. The number of rotatable bonds is 4. The molecule has 2 rings (SSSR count). The minimum Gasteiger partial charge on any atom is -0.401 e. The van der Waals surface area contributed by atoms with Gasteiger partial charge in [-0.1, -0.05) is 30.3 Å². The molecule has 0 spiro atoms. The summed E-state index contributed by atoms with van der Waals surface area (Å²) in [6.45, 7) is 0. The van der Waals surface area contributed by atoms with Crippen LogP contribution in [0.4, 0.5) is 5.88 Å². The van der Waals surface area contributed by atoms with Crippen molar-refractivity contribution in [3.63, 3.8) is 0 Å². The molecule has 1 heterocycles. The van der Waals surface area contributed by atoms with Crippen molar-refractivity contribution >= 4 is 17.7 Å². The van der Waals surface area contributed by atoms with Crippen LogP contribution in [-0.2, 0) is 0 Å². The Bertz CT molecular complexity index is 598. The zero-order valence-corrected chi connectivity index (χ0v) is 9.28. The average Bonchev–Trinajstić information content (AvgIpc) is 2.86. The van der Waals surface area contributed by atoms with Gasteiger partial charge >= 0.3 is 5.88 Å². The lowest BCUT2D eigenvalue weighted by Gasteiger charge is -1.92.